The predicted octanol–water partition coefficient (Wildman–Crippen LogP) is 4.31. The van der Waals surface area contributed by atoms with Gasteiger partial charge >= 0.3 is 13.7 Å². The molecule has 0 aliphatic rings. The van der Waals surface area contributed by atoms with E-state index in [1.54, 1.807) is 65.0 Å². The summed E-state index contributed by atoms with van der Waals surface area (Å²) in [5.41, 5.74) is 1.49. The van der Waals surface area contributed by atoms with Gasteiger partial charge in [0, 0.05) is 5.56 Å². The maximum Gasteiger partial charge on any atom is 0.431 e. The number of hydrogen-bond donors (Lipinski definition) is 1. The second kappa shape index (κ2) is 9.46. The van der Waals surface area contributed by atoms with Crippen molar-refractivity contribution in [3.63, 3.8) is 0 Å². The van der Waals surface area contributed by atoms with E-state index in [-0.39, 0.29) is 18.8 Å². The minimum absolute atomic E-state index is 0.0186. The minimum Gasteiger partial charge on any atom is -0.442 e. The lowest BCUT2D eigenvalue weighted by atomic mass is 10.1. The number of carbonyl (C=O) groups is 2. The molecule has 0 fully saturated rings. The summed E-state index contributed by atoms with van der Waals surface area (Å²) in [6.45, 7) is 9.53. The first kappa shape index (κ1) is 23.3. The summed E-state index contributed by atoms with van der Waals surface area (Å²) in [5, 5.41) is -2.11. The predicted molar refractivity (Wildman–Crippen MR) is 100 cm³/mol. The van der Waals surface area contributed by atoms with Crippen molar-refractivity contribution < 1.29 is 32.8 Å². The number of ketones is 1. The van der Waals surface area contributed by atoms with Crippen LogP contribution in [0.4, 0.5) is 4.79 Å². The summed E-state index contributed by atoms with van der Waals surface area (Å²) < 4.78 is 29.1. The largest absolute Gasteiger partial charge is 0.442 e. The van der Waals surface area contributed by atoms with Crippen LogP contribution in [0.2, 0.25) is 0 Å². The van der Waals surface area contributed by atoms with Crippen LogP contribution in [0, 0.1) is 0 Å². The van der Waals surface area contributed by atoms with E-state index in [0.29, 0.717) is 0 Å². The monoisotopic (exact) mass is 401 g/mol. The Balaban J connectivity index is 3.24. The summed E-state index contributed by atoms with van der Waals surface area (Å²) in [6, 6.07) is 8.13. The summed E-state index contributed by atoms with van der Waals surface area (Å²) >= 11 is 0. The molecule has 1 atom stereocenters. The van der Waals surface area contributed by atoms with E-state index in [9.17, 15) is 14.2 Å². The van der Waals surface area contributed by atoms with Crippen molar-refractivity contribution in [3.8, 4) is 0 Å². The molecular formula is C18H28NO7P. The molecule has 0 aliphatic heterocycles. The SMILES string of the molecule is CCOP(=O)(OCC)[C@@](C)(ONC(=O)OC(C)(C)C)C(=O)c1ccccc1. The number of carbonyl (C=O) groups excluding carboxylic acids is 2. The van der Waals surface area contributed by atoms with Crippen molar-refractivity contribution in [3.05, 3.63) is 35.9 Å². The van der Waals surface area contributed by atoms with Gasteiger partial charge in [-0.05, 0) is 41.5 Å². The van der Waals surface area contributed by atoms with Crippen molar-refractivity contribution in [2.75, 3.05) is 13.2 Å². The lowest BCUT2D eigenvalue weighted by molar-refractivity contribution is -0.0543. The van der Waals surface area contributed by atoms with Gasteiger partial charge in [0.05, 0.1) is 13.2 Å². The van der Waals surface area contributed by atoms with Gasteiger partial charge in [-0.2, -0.15) is 5.48 Å². The van der Waals surface area contributed by atoms with E-state index < -0.39 is 30.4 Å². The van der Waals surface area contributed by atoms with E-state index in [4.69, 9.17) is 18.6 Å². The highest BCUT2D eigenvalue weighted by atomic mass is 31.2. The Labute approximate surface area is 160 Å². The molecular weight excluding hydrogens is 373 g/mol. The summed E-state index contributed by atoms with van der Waals surface area (Å²) in [6.07, 6.45) is -0.936. The molecule has 0 aromatic heterocycles. The lowest BCUT2D eigenvalue weighted by Crippen LogP contribution is -2.46. The fourth-order valence-corrected chi connectivity index (χ4v) is 3.93. The molecule has 0 heterocycles. The van der Waals surface area contributed by atoms with Gasteiger partial charge in [0.1, 0.15) is 5.60 Å². The zero-order valence-corrected chi connectivity index (χ0v) is 17.5. The normalized spacial score (nSPS) is 14.3. The molecule has 9 heteroatoms. The van der Waals surface area contributed by atoms with Crippen LogP contribution in [-0.4, -0.2) is 36.0 Å². The maximum atomic E-state index is 13.4. The van der Waals surface area contributed by atoms with Crippen LogP contribution in [0.5, 0.6) is 0 Å². The Bertz CT molecular complexity index is 677. The lowest BCUT2D eigenvalue weighted by Gasteiger charge is -2.33. The topological polar surface area (TPSA) is 100 Å². The Morgan fingerprint density at radius 2 is 1.52 bits per heavy atom. The first-order chi connectivity index (χ1) is 12.5. The first-order valence-corrected chi connectivity index (χ1v) is 10.2. The van der Waals surface area contributed by atoms with Crippen LogP contribution < -0.4 is 5.48 Å². The summed E-state index contributed by atoms with van der Waals surface area (Å²) in [7, 11) is -4.11. The van der Waals surface area contributed by atoms with E-state index in [2.05, 4.69) is 0 Å². The number of Topliss-reactive ketones (excluding diaryl/α,β-unsaturated/α-hetero) is 1. The standard InChI is InChI=1S/C18H28NO7P/c1-7-23-27(22,24-8-2)18(6,15(20)14-12-10-9-11-13-14)26-19-16(21)25-17(3,4)5/h9-13H,7-8H2,1-6H3,(H,19,21)/t18-/m1/s1. The molecule has 0 bridgehead atoms. The van der Waals surface area contributed by atoms with Crippen LogP contribution in [0.3, 0.4) is 0 Å². The number of ether oxygens (including phenoxy) is 1. The van der Waals surface area contributed by atoms with E-state index in [1.807, 2.05) is 5.48 Å². The smallest absolute Gasteiger partial charge is 0.431 e. The highest BCUT2D eigenvalue weighted by Gasteiger charge is 2.56. The molecule has 0 aliphatic carbocycles. The van der Waals surface area contributed by atoms with Crippen molar-refractivity contribution in [2.24, 2.45) is 0 Å². The molecule has 1 rings (SSSR count). The van der Waals surface area contributed by atoms with Gasteiger partial charge in [-0.3, -0.25) is 9.36 Å². The number of nitrogens with one attached hydrogen (secondary N) is 1. The Hall–Kier alpha value is -1.73. The molecule has 1 amide bonds. The van der Waals surface area contributed by atoms with Gasteiger partial charge in [0.15, 0.2) is 0 Å². The highest BCUT2D eigenvalue weighted by molar-refractivity contribution is 7.56. The second-order valence-electron chi connectivity index (χ2n) is 6.72. The van der Waals surface area contributed by atoms with E-state index >= 15 is 0 Å². The molecule has 8 nitrogen and oxygen atoms in total. The fraction of sp³-hybridized carbons (Fsp3) is 0.556. The third-order valence-corrected chi connectivity index (χ3v) is 5.85. The molecule has 0 radical (unpaired) electrons. The van der Waals surface area contributed by atoms with Crippen LogP contribution in [0.15, 0.2) is 30.3 Å². The molecule has 0 saturated carbocycles. The molecule has 27 heavy (non-hydrogen) atoms. The molecule has 1 aromatic rings. The second-order valence-corrected chi connectivity index (χ2v) is 9.08. The molecule has 152 valence electrons. The number of amides is 1. The minimum atomic E-state index is -4.11. The summed E-state index contributed by atoms with van der Waals surface area (Å²) in [5.74, 6) is -0.663. The van der Waals surface area contributed by atoms with Gasteiger partial charge in [-0.15, -0.1) is 0 Å². The van der Waals surface area contributed by atoms with E-state index in [1.165, 1.54) is 6.92 Å². The average Bonchev–Trinajstić information content (AvgIpc) is 2.58. The molecule has 1 aromatic carbocycles. The van der Waals surface area contributed by atoms with Crippen LogP contribution in [0.25, 0.3) is 0 Å². The maximum absolute atomic E-state index is 13.4. The van der Waals surface area contributed by atoms with Gasteiger partial charge in [-0.1, -0.05) is 30.3 Å². The number of hydrogen-bond acceptors (Lipinski definition) is 7. The van der Waals surface area contributed by atoms with Crippen LogP contribution >= 0.6 is 7.60 Å². The van der Waals surface area contributed by atoms with Gasteiger partial charge in [-0.25, -0.2) is 9.63 Å². The van der Waals surface area contributed by atoms with Gasteiger partial charge < -0.3 is 13.8 Å². The van der Waals surface area contributed by atoms with Crippen molar-refractivity contribution >= 4 is 19.5 Å². The van der Waals surface area contributed by atoms with Crippen molar-refractivity contribution in [1.82, 2.24) is 5.48 Å². The fourth-order valence-electron chi connectivity index (χ4n) is 2.15. The third-order valence-electron chi connectivity index (χ3n) is 3.31. The first-order valence-electron chi connectivity index (χ1n) is 8.65. The van der Waals surface area contributed by atoms with E-state index in [0.717, 1.165) is 0 Å². The Morgan fingerprint density at radius 1 is 1.00 bits per heavy atom. The number of rotatable bonds is 9. The Kier molecular flexibility index (Phi) is 8.17. The quantitative estimate of drug-likeness (QED) is 0.374. The van der Waals surface area contributed by atoms with Gasteiger partial charge in [0.25, 0.3) is 5.34 Å². The zero-order valence-electron chi connectivity index (χ0n) is 16.6. The molecule has 0 saturated heterocycles. The Morgan fingerprint density at radius 3 is 1.96 bits per heavy atom. The third kappa shape index (κ3) is 6.14. The van der Waals surface area contributed by atoms with Crippen LogP contribution in [0.1, 0.15) is 51.9 Å². The van der Waals surface area contributed by atoms with Crippen molar-refractivity contribution in [1.29, 1.82) is 0 Å². The van der Waals surface area contributed by atoms with Crippen LogP contribution in [-0.2, 0) is 23.2 Å². The number of hydroxylamine groups is 1. The molecule has 0 spiro atoms. The highest BCUT2D eigenvalue weighted by Crippen LogP contribution is 2.61. The molecule has 1 N–H and O–H groups in total. The molecule has 0 unspecified atom stereocenters. The summed E-state index contributed by atoms with van der Waals surface area (Å²) in [4.78, 5) is 30.4. The van der Waals surface area contributed by atoms with Gasteiger partial charge in [0.2, 0.25) is 5.78 Å². The average molecular weight is 401 g/mol. The zero-order chi connectivity index (χ0) is 20.7. The van der Waals surface area contributed by atoms with Crippen molar-refractivity contribution in [2.45, 2.75) is 52.5 Å². The number of benzene rings is 1.